The third-order valence-corrected chi connectivity index (χ3v) is 10.0. The highest BCUT2D eigenvalue weighted by atomic mass is 16.4. The van der Waals surface area contributed by atoms with Gasteiger partial charge in [-0.15, -0.1) is 10.2 Å². The Hall–Kier alpha value is -8.52. The first-order valence-corrected chi connectivity index (χ1v) is 20.4. The van der Waals surface area contributed by atoms with E-state index in [9.17, 15) is 29.4 Å². The number of carboxylic acids is 2. The predicted molar refractivity (Wildman–Crippen MR) is 241 cm³/mol. The SMILES string of the molecule is Cc1ccccc1[C@H](CC(=O)O)NC(=O)c1nc(-c2ccccc2)n(-c2ccccc2)n1.O=C(O)CC(Cc1ccccc1)NC(=O)c1nc(-c2ccccc2)n(-c2ccccc2)n1. The third-order valence-electron chi connectivity index (χ3n) is 10.0. The molecule has 8 rings (SSSR count). The minimum Gasteiger partial charge on any atom is -0.481 e. The molecule has 4 N–H and O–H groups in total. The van der Waals surface area contributed by atoms with E-state index in [0.717, 1.165) is 39.2 Å². The molecule has 0 aliphatic carbocycles. The highest BCUT2D eigenvalue weighted by molar-refractivity contribution is 5.92. The van der Waals surface area contributed by atoms with E-state index in [-0.39, 0.29) is 24.5 Å². The minimum atomic E-state index is -1.01. The molecule has 320 valence electrons. The molecule has 2 atom stereocenters. The molecule has 0 aliphatic rings. The number of carbonyl (C=O) groups is 4. The Labute approximate surface area is 368 Å². The van der Waals surface area contributed by atoms with Crippen LogP contribution in [0.4, 0.5) is 0 Å². The van der Waals surface area contributed by atoms with Gasteiger partial charge in [0.15, 0.2) is 11.6 Å². The summed E-state index contributed by atoms with van der Waals surface area (Å²) in [6.45, 7) is 1.88. The molecule has 2 heterocycles. The van der Waals surface area contributed by atoms with Crippen LogP contribution in [0, 0.1) is 6.92 Å². The fourth-order valence-electron chi connectivity index (χ4n) is 7.01. The Bertz CT molecular complexity index is 2700. The molecule has 0 saturated carbocycles. The normalized spacial score (nSPS) is 11.6. The van der Waals surface area contributed by atoms with Gasteiger partial charge in [-0.2, -0.15) is 0 Å². The molecule has 0 spiro atoms. The number of para-hydroxylation sites is 2. The number of aromatic nitrogens is 6. The van der Waals surface area contributed by atoms with Crippen molar-refractivity contribution in [1.82, 2.24) is 40.2 Å². The maximum Gasteiger partial charge on any atom is 0.305 e. The molecule has 14 nitrogen and oxygen atoms in total. The third kappa shape index (κ3) is 11.2. The van der Waals surface area contributed by atoms with Crippen molar-refractivity contribution in [2.24, 2.45) is 0 Å². The number of rotatable bonds is 15. The number of aryl methyl sites for hydroxylation is 1. The van der Waals surface area contributed by atoms with Gasteiger partial charge in [-0.1, -0.05) is 152 Å². The molecular formula is C50H44N8O6. The number of carboxylic acid groups (broad SMARTS) is 2. The van der Waals surface area contributed by atoms with E-state index in [1.54, 1.807) is 9.36 Å². The van der Waals surface area contributed by atoms with Crippen LogP contribution in [0.25, 0.3) is 34.2 Å². The van der Waals surface area contributed by atoms with E-state index in [4.69, 9.17) is 0 Å². The molecule has 2 aromatic heterocycles. The summed E-state index contributed by atoms with van der Waals surface area (Å²) >= 11 is 0. The van der Waals surface area contributed by atoms with Crippen molar-refractivity contribution in [3.05, 3.63) is 204 Å². The Morgan fingerprint density at radius 1 is 0.516 bits per heavy atom. The average molecular weight is 853 g/mol. The summed E-state index contributed by atoms with van der Waals surface area (Å²) in [4.78, 5) is 57.9. The summed E-state index contributed by atoms with van der Waals surface area (Å²) in [6.07, 6.45) is -0.0586. The topological polar surface area (TPSA) is 194 Å². The lowest BCUT2D eigenvalue weighted by Gasteiger charge is -2.18. The van der Waals surface area contributed by atoms with Crippen LogP contribution in [-0.2, 0) is 16.0 Å². The fourth-order valence-corrected chi connectivity index (χ4v) is 7.01. The molecule has 0 aliphatic heterocycles. The van der Waals surface area contributed by atoms with Crippen molar-refractivity contribution in [3.63, 3.8) is 0 Å². The lowest BCUT2D eigenvalue weighted by Crippen LogP contribution is -2.38. The molecule has 2 amide bonds. The highest BCUT2D eigenvalue weighted by Crippen LogP contribution is 2.25. The van der Waals surface area contributed by atoms with Gasteiger partial charge in [-0.3, -0.25) is 19.2 Å². The minimum absolute atomic E-state index is 0.0174. The van der Waals surface area contributed by atoms with Gasteiger partial charge in [0, 0.05) is 17.2 Å². The molecule has 64 heavy (non-hydrogen) atoms. The van der Waals surface area contributed by atoms with E-state index in [1.165, 1.54) is 0 Å². The molecule has 0 saturated heterocycles. The van der Waals surface area contributed by atoms with Crippen LogP contribution in [0.2, 0.25) is 0 Å². The Morgan fingerprint density at radius 3 is 1.38 bits per heavy atom. The predicted octanol–water partition coefficient (Wildman–Crippen LogP) is 7.94. The zero-order valence-electron chi connectivity index (χ0n) is 34.7. The quantitative estimate of drug-likeness (QED) is 0.0787. The number of nitrogens with zero attached hydrogens (tertiary/aromatic N) is 6. The first kappa shape index (κ1) is 43.6. The molecule has 6 aromatic carbocycles. The molecule has 0 bridgehead atoms. The molecule has 0 radical (unpaired) electrons. The van der Waals surface area contributed by atoms with E-state index < -0.39 is 35.8 Å². The number of aliphatic carboxylic acids is 2. The number of nitrogens with one attached hydrogen (secondary N) is 2. The van der Waals surface area contributed by atoms with Crippen LogP contribution in [0.3, 0.4) is 0 Å². The van der Waals surface area contributed by atoms with Crippen molar-refractivity contribution in [1.29, 1.82) is 0 Å². The van der Waals surface area contributed by atoms with E-state index in [1.807, 2.05) is 183 Å². The van der Waals surface area contributed by atoms with E-state index in [0.29, 0.717) is 18.1 Å². The summed E-state index contributed by atoms with van der Waals surface area (Å²) in [7, 11) is 0. The maximum atomic E-state index is 13.1. The summed E-state index contributed by atoms with van der Waals surface area (Å²) in [5, 5.41) is 33.2. The van der Waals surface area contributed by atoms with Gasteiger partial charge in [0.1, 0.15) is 0 Å². The number of hydrogen-bond donors (Lipinski definition) is 4. The van der Waals surface area contributed by atoms with Crippen LogP contribution < -0.4 is 10.6 Å². The molecule has 1 unspecified atom stereocenters. The van der Waals surface area contributed by atoms with Crippen LogP contribution in [0.5, 0.6) is 0 Å². The van der Waals surface area contributed by atoms with Crippen molar-refractivity contribution in [2.45, 2.75) is 38.3 Å². The molecule has 8 aromatic rings. The second-order valence-corrected chi connectivity index (χ2v) is 14.7. The lowest BCUT2D eigenvalue weighted by molar-refractivity contribution is -0.138. The van der Waals surface area contributed by atoms with Crippen molar-refractivity contribution in [3.8, 4) is 34.2 Å². The molecule has 0 fully saturated rings. The molecule has 14 heteroatoms. The summed E-state index contributed by atoms with van der Waals surface area (Å²) in [5.74, 6) is -2.05. The summed E-state index contributed by atoms with van der Waals surface area (Å²) in [6, 6.07) is 53.3. The Morgan fingerprint density at radius 2 is 0.922 bits per heavy atom. The zero-order chi connectivity index (χ0) is 44.8. The Kier molecular flexibility index (Phi) is 14.2. The zero-order valence-corrected chi connectivity index (χ0v) is 34.7. The average Bonchev–Trinajstić information content (AvgIpc) is 3.97. The standard InChI is InChI=1S/2C25H22N4O3/c1-17-10-8-9-15-20(17)21(16-22(30)31)26-25(32)23-27-24(18-11-4-2-5-12-18)29(28-23)19-13-6-3-7-14-19;30-22(31)17-20(16-18-10-4-1-5-11-18)26-25(32)23-27-24(19-12-6-2-7-13-19)29(28-23)21-14-8-3-9-15-21/h2-15,21H,16H2,1H3,(H,26,32)(H,30,31);1-15,20H,16-17H2,(H,26,32)(H,30,31)/t21-;/m0./s1. The van der Waals surface area contributed by atoms with Gasteiger partial charge >= 0.3 is 11.9 Å². The number of amides is 2. The van der Waals surface area contributed by atoms with E-state index >= 15 is 0 Å². The monoisotopic (exact) mass is 852 g/mol. The van der Waals surface area contributed by atoms with Crippen molar-refractivity contribution >= 4 is 23.8 Å². The van der Waals surface area contributed by atoms with Crippen LogP contribution in [-0.4, -0.2) is 69.5 Å². The second-order valence-electron chi connectivity index (χ2n) is 14.7. The maximum absolute atomic E-state index is 13.1. The number of benzene rings is 6. The van der Waals surface area contributed by atoms with Crippen LogP contribution >= 0.6 is 0 Å². The van der Waals surface area contributed by atoms with Gasteiger partial charge < -0.3 is 20.8 Å². The van der Waals surface area contributed by atoms with Gasteiger partial charge in [-0.05, 0) is 54.3 Å². The lowest BCUT2D eigenvalue weighted by atomic mass is 9.99. The van der Waals surface area contributed by atoms with Crippen LogP contribution in [0.15, 0.2) is 176 Å². The van der Waals surface area contributed by atoms with E-state index in [2.05, 4.69) is 30.8 Å². The highest BCUT2D eigenvalue weighted by Gasteiger charge is 2.25. The van der Waals surface area contributed by atoms with Crippen molar-refractivity contribution < 1.29 is 29.4 Å². The second kappa shape index (κ2) is 20.8. The fraction of sp³-hybridized carbons (Fsp3) is 0.120. The van der Waals surface area contributed by atoms with Crippen molar-refractivity contribution in [2.75, 3.05) is 0 Å². The van der Waals surface area contributed by atoms with Gasteiger partial charge in [0.05, 0.1) is 30.3 Å². The summed E-state index contributed by atoms with van der Waals surface area (Å²) in [5.41, 5.74) is 5.73. The first-order chi connectivity index (χ1) is 31.1. The summed E-state index contributed by atoms with van der Waals surface area (Å²) < 4.78 is 3.23. The molecular weight excluding hydrogens is 809 g/mol. The van der Waals surface area contributed by atoms with Gasteiger partial charge in [-0.25, -0.2) is 19.3 Å². The largest absolute Gasteiger partial charge is 0.481 e. The Balaban J connectivity index is 0.000000191. The van der Waals surface area contributed by atoms with Crippen LogP contribution in [0.1, 0.15) is 56.8 Å². The number of carbonyl (C=O) groups excluding carboxylic acids is 2. The number of hydrogen-bond acceptors (Lipinski definition) is 8. The van der Waals surface area contributed by atoms with Gasteiger partial charge in [0.2, 0.25) is 11.6 Å². The smallest absolute Gasteiger partial charge is 0.305 e. The van der Waals surface area contributed by atoms with Gasteiger partial charge in [0.25, 0.3) is 11.8 Å². The first-order valence-electron chi connectivity index (χ1n) is 20.4.